The molecule has 17 heavy (non-hydrogen) atoms. The number of rotatable bonds is 2. The molecule has 1 nitrogen and oxygen atoms in total. The zero-order chi connectivity index (χ0) is 12.5. The molecule has 94 valence electrons. The van der Waals surface area contributed by atoms with Gasteiger partial charge in [0.05, 0.1) is 15.6 Å². The first kappa shape index (κ1) is 13.2. The molecule has 0 saturated heterocycles. The monoisotopic (exact) mass is 272 g/mol. The van der Waals surface area contributed by atoms with E-state index < -0.39 is 5.60 Å². The molecule has 1 saturated carbocycles. The van der Waals surface area contributed by atoms with Gasteiger partial charge in [0.1, 0.15) is 0 Å². The Balaban J connectivity index is 2.18. The van der Waals surface area contributed by atoms with E-state index in [0.717, 1.165) is 37.2 Å². The maximum absolute atomic E-state index is 10.7. The van der Waals surface area contributed by atoms with Gasteiger partial charge in [-0.25, -0.2) is 0 Å². The van der Waals surface area contributed by atoms with Crippen LogP contribution in [0.3, 0.4) is 0 Å². The van der Waals surface area contributed by atoms with Crippen molar-refractivity contribution in [3.8, 4) is 0 Å². The van der Waals surface area contributed by atoms with Gasteiger partial charge in [-0.2, -0.15) is 0 Å². The highest BCUT2D eigenvalue weighted by atomic mass is 35.5. The van der Waals surface area contributed by atoms with Crippen LogP contribution in [0.4, 0.5) is 0 Å². The first-order chi connectivity index (χ1) is 8.05. The van der Waals surface area contributed by atoms with Crippen LogP contribution in [-0.4, -0.2) is 5.11 Å². The zero-order valence-corrected chi connectivity index (χ0v) is 11.6. The quantitative estimate of drug-likeness (QED) is 0.822. The lowest BCUT2D eigenvalue weighted by molar-refractivity contribution is -0.0145. The standard InChI is InChI=1S/C14H18Cl2O/c1-2-10-5-7-14(17,8-6-10)11-3-4-12(15)13(16)9-11/h3-4,9-10,17H,2,5-8H2,1H3. The van der Waals surface area contributed by atoms with Crippen molar-refractivity contribution in [1.29, 1.82) is 0 Å². The molecule has 0 spiro atoms. The van der Waals surface area contributed by atoms with Gasteiger partial charge in [0.15, 0.2) is 0 Å². The summed E-state index contributed by atoms with van der Waals surface area (Å²) < 4.78 is 0. The Morgan fingerprint density at radius 2 is 1.88 bits per heavy atom. The molecule has 0 atom stereocenters. The Bertz CT molecular complexity index is 395. The molecule has 0 radical (unpaired) electrons. The fourth-order valence-electron chi connectivity index (χ4n) is 2.64. The topological polar surface area (TPSA) is 20.2 Å². The molecule has 0 heterocycles. The first-order valence-corrected chi connectivity index (χ1v) is 6.98. The van der Waals surface area contributed by atoms with Crippen LogP contribution in [0.5, 0.6) is 0 Å². The summed E-state index contributed by atoms with van der Waals surface area (Å²) in [7, 11) is 0. The first-order valence-electron chi connectivity index (χ1n) is 6.23. The van der Waals surface area contributed by atoms with Gasteiger partial charge in [0, 0.05) is 0 Å². The molecule has 1 aromatic rings. The van der Waals surface area contributed by atoms with Crippen LogP contribution in [0.2, 0.25) is 10.0 Å². The summed E-state index contributed by atoms with van der Waals surface area (Å²) >= 11 is 11.9. The van der Waals surface area contributed by atoms with Gasteiger partial charge in [0.25, 0.3) is 0 Å². The average molecular weight is 273 g/mol. The Labute approximate surface area is 113 Å². The molecule has 0 aliphatic heterocycles. The Morgan fingerprint density at radius 3 is 2.41 bits per heavy atom. The van der Waals surface area contributed by atoms with Crippen molar-refractivity contribution >= 4 is 23.2 Å². The molecular weight excluding hydrogens is 255 g/mol. The molecule has 1 aromatic carbocycles. The molecule has 2 rings (SSSR count). The second-order valence-electron chi connectivity index (χ2n) is 5.01. The number of hydrogen-bond acceptors (Lipinski definition) is 1. The Kier molecular flexibility index (Phi) is 4.02. The number of halogens is 2. The van der Waals surface area contributed by atoms with Crippen LogP contribution in [0, 0.1) is 5.92 Å². The minimum absolute atomic E-state index is 0.523. The SMILES string of the molecule is CCC1CCC(O)(c2ccc(Cl)c(Cl)c2)CC1. The number of benzene rings is 1. The van der Waals surface area contributed by atoms with Crippen LogP contribution >= 0.6 is 23.2 Å². The van der Waals surface area contributed by atoms with Crippen molar-refractivity contribution in [3.05, 3.63) is 33.8 Å². The van der Waals surface area contributed by atoms with E-state index >= 15 is 0 Å². The Morgan fingerprint density at radius 1 is 1.24 bits per heavy atom. The minimum Gasteiger partial charge on any atom is -0.385 e. The van der Waals surface area contributed by atoms with Gasteiger partial charge in [-0.3, -0.25) is 0 Å². The van der Waals surface area contributed by atoms with Gasteiger partial charge in [-0.15, -0.1) is 0 Å². The van der Waals surface area contributed by atoms with Crippen molar-refractivity contribution < 1.29 is 5.11 Å². The predicted octanol–water partition coefficient (Wildman–Crippen LogP) is 4.78. The van der Waals surface area contributed by atoms with Gasteiger partial charge in [-0.05, 0) is 49.3 Å². The van der Waals surface area contributed by atoms with Gasteiger partial charge in [-0.1, -0.05) is 42.6 Å². The second-order valence-corrected chi connectivity index (χ2v) is 5.83. The molecule has 0 bridgehead atoms. The van der Waals surface area contributed by atoms with Crippen molar-refractivity contribution in [2.24, 2.45) is 5.92 Å². The van der Waals surface area contributed by atoms with Gasteiger partial charge < -0.3 is 5.11 Å². The summed E-state index contributed by atoms with van der Waals surface area (Å²) in [5.41, 5.74) is 0.196. The summed E-state index contributed by atoms with van der Waals surface area (Å²) in [5, 5.41) is 11.7. The molecule has 1 aliphatic carbocycles. The highest BCUT2D eigenvalue weighted by Gasteiger charge is 2.34. The van der Waals surface area contributed by atoms with Crippen LogP contribution in [0.25, 0.3) is 0 Å². The summed E-state index contributed by atoms with van der Waals surface area (Å²) in [5.74, 6) is 0.762. The van der Waals surface area contributed by atoms with Crippen molar-refractivity contribution in [1.82, 2.24) is 0 Å². The molecule has 1 aliphatic rings. The maximum atomic E-state index is 10.7. The highest BCUT2D eigenvalue weighted by Crippen LogP contribution is 2.41. The maximum Gasteiger partial charge on any atom is 0.0897 e. The molecule has 0 unspecified atom stereocenters. The summed E-state index contributed by atoms with van der Waals surface area (Å²) in [6.45, 7) is 2.22. The van der Waals surface area contributed by atoms with E-state index in [1.165, 1.54) is 6.42 Å². The van der Waals surface area contributed by atoms with E-state index in [2.05, 4.69) is 6.92 Å². The zero-order valence-electron chi connectivity index (χ0n) is 10.0. The molecule has 0 amide bonds. The average Bonchev–Trinajstić information content (AvgIpc) is 2.33. The number of hydrogen-bond donors (Lipinski definition) is 1. The highest BCUT2D eigenvalue weighted by molar-refractivity contribution is 6.42. The summed E-state index contributed by atoms with van der Waals surface area (Å²) in [4.78, 5) is 0. The molecule has 0 aromatic heterocycles. The minimum atomic E-state index is -0.708. The Hall–Kier alpha value is -0.240. The van der Waals surface area contributed by atoms with Gasteiger partial charge in [0.2, 0.25) is 0 Å². The smallest absolute Gasteiger partial charge is 0.0897 e. The molecule has 1 fully saturated rings. The third-order valence-electron chi connectivity index (χ3n) is 3.97. The normalized spacial score (nSPS) is 29.3. The fourth-order valence-corrected chi connectivity index (χ4v) is 2.94. The molecular formula is C14H18Cl2O. The third-order valence-corrected chi connectivity index (χ3v) is 4.71. The van der Waals surface area contributed by atoms with Crippen LogP contribution < -0.4 is 0 Å². The van der Waals surface area contributed by atoms with Gasteiger partial charge >= 0.3 is 0 Å². The van der Waals surface area contributed by atoms with E-state index in [0.29, 0.717) is 10.0 Å². The van der Waals surface area contributed by atoms with E-state index in [9.17, 15) is 5.11 Å². The van der Waals surface area contributed by atoms with Crippen LogP contribution in [0.1, 0.15) is 44.6 Å². The third kappa shape index (κ3) is 2.78. The van der Waals surface area contributed by atoms with Crippen molar-refractivity contribution in [2.45, 2.75) is 44.6 Å². The largest absolute Gasteiger partial charge is 0.385 e. The van der Waals surface area contributed by atoms with Crippen LogP contribution in [-0.2, 0) is 5.60 Å². The van der Waals surface area contributed by atoms with Crippen molar-refractivity contribution in [2.75, 3.05) is 0 Å². The number of aliphatic hydroxyl groups is 1. The lowest BCUT2D eigenvalue weighted by atomic mass is 9.74. The van der Waals surface area contributed by atoms with Crippen molar-refractivity contribution in [3.63, 3.8) is 0 Å². The van der Waals surface area contributed by atoms with E-state index in [4.69, 9.17) is 23.2 Å². The second kappa shape index (κ2) is 5.17. The predicted molar refractivity (Wildman–Crippen MR) is 72.6 cm³/mol. The lowest BCUT2D eigenvalue weighted by Gasteiger charge is -2.36. The molecule has 3 heteroatoms. The lowest BCUT2D eigenvalue weighted by Crippen LogP contribution is -2.31. The van der Waals surface area contributed by atoms with E-state index in [-0.39, 0.29) is 0 Å². The fraction of sp³-hybridized carbons (Fsp3) is 0.571. The van der Waals surface area contributed by atoms with E-state index in [1.54, 1.807) is 12.1 Å². The summed E-state index contributed by atoms with van der Waals surface area (Å²) in [6, 6.07) is 5.46. The van der Waals surface area contributed by atoms with E-state index in [1.807, 2.05) is 6.07 Å². The van der Waals surface area contributed by atoms with Crippen LogP contribution in [0.15, 0.2) is 18.2 Å². The molecule has 1 N–H and O–H groups in total. The summed E-state index contributed by atoms with van der Waals surface area (Å²) in [6.07, 6.45) is 5.03.